The van der Waals surface area contributed by atoms with Crippen LogP contribution in [0.3, 0.4) is 0 Å². The fourth-order valence-corrected chi connectivity index (χ4v) is 4.25. The van der Waals surface area contributed by atoms with E-state index in [2.05, 4.69) is 19.2 Å². The number of esters is 1. The summed E-state index contributed by atoms with van der Waals surface area (Å²) in [6.45, 7) is 6.21. The highest BCUT2D eigenvalue weighted by atomic mass is 32.1. The third-order valence-electron chi connectivity index (χ3n) is 4.35. The summed E-state index contributed by atoms with van der Waals surface area (Å²) in [5.41, 5.74) is 1.49. The van der Waals surface area contributed by atoms with Gasteiger partial charge in [-0.05, 0) is 31.5 Å². The molecule has 2 aromatic heterocycles. The molecule has 0 aliphatic carbocycles. The first kappa shape index (κ1) is 16.7. The van der Waals surface area contributed by atoms with Gasteiger partial charge in [-0.25, -0.2) is 4.79 Å². The minimum absolute atomic E-state index is 0.214. The molecule has 3 heterocycles. The van der Waals surface area contributed by atoms with Crippen LogP contribution in [0.2, 0.25) is 0 Å². The molecule has 1 amide bonds. The van der Waals surface area contributed by atoms with E-state index < -0.39 is 5.97 Å². The fourth-order valence-electron chi connectivity index (χ4n) is 2.97. The van der Waals surface area contributed by atoms with Gasteiger partial charge in [-0.15, -0.1) is 11.3 Å². The minimum Gasteiger partial charge on any atom is -0.465 e. The zero-order valence-electron chi connectivity index (χ0n) is 14.0. The van der Waals surface area contributed by atoms with Gasteiger partial charge in [-0.3, -0.25) is 4.79 Å². The number of anilines is 1. The molecule has 0 saturated carbocycles. The second-order valence-electron chi connectivity index (χ2n) is 6.12. The van der Waals surface area contributed by atoms with Crippen LogP contribution < -0.4 is 10.2 Å². The van der Waals surface area contributed by atoms with Gasteiger partial charge in [-0.2, -0.15) is 0 Å². The van der Waals surface area contributed by atoms with E-state index in [9.17, 15) is 9.59 Å². The average molecular weight is 349 g/mol. The number of furan rings is 1. The Morgan fingerprint density at radius 1 is 1.42 bits per heavy atom. The van der Waals surface area contributed by atoms with Crippen molar-refractivity contribution in [2.24, 2.45) is 0 Å². The number of nitrogens with one attached hydrogen (secondary N) is 2. The van der Waals surface area contributed by atoms with Crippen molar-refractivity contribution in [3.05, 3.63) is 40.2 Å². The number of rotatable bonds is 4. The van der Waals surface area contributed by atoms with E-state index in [1.807, 2.05) is 0 Å². The molecule has 0 bridgehead atoms. The molecule has 1 atom stereocenters. The lowest BCUT2D eigenvalue weighted by Crippen LogP contribution is -3.14. The van der Waals surface area contributed by atoms with Crippen molar-refractivity contribution in [2.75, 3.05) is 19.0 Å². The van der Waals surface area contributed by atoms with Crippen molar-refractivity contribution < 1.29 is 23.6 Å². The summed E-state index contributed by atoms with van der Waals surface area (Å²) in [5, 5.41) is 3.35. The van der Waals surface area contributed by atoms with Crippen LogP contribution in [0.25, 0.3) is 0 Å². The van der Waals surface area contributed by atoms with Gasteiger partial charge in [0.2, 0.25) is 0 Å². The molecule has 7 heteroatoms. The van der Waals surface area contributed by atoms with Crippen molar-refractivity contribution in [1.82, 2.24) is 0 Å². The van der Waals surface area contributed by atoms with Gasteiger partial charge in [0.25, 0.3) is 5.91 Å². The predicted octanol–water partition coefficient (Wildman–Crippen LogP) is 1.73. The van der Waals surface area contributed by atoms with Crippen LogP contribution >= 0.6 is 11.3 Å². The van der Waals surface area contributed by atoms with Crippen LogP contribution in [0, 0.1) is 0 Å². The Morgan fingerprint density at radius 2 is 2.21 bits per heavy atom. The van der Waals surface area contributed by atoms with Crippen LogP contribution in [0.5, 0.6) is 0 Å². The Bertz CT molecular complexity index is 749. The molecule has 3 rings (SSSR count). The molecule has 6 nitrogen and oxygen atoms in total. The number of ether oxygens (including phenoxy) is 1. The van der Waals surface area contributed by atoms with E-state index in [0.29, 0.717) is 16.6 Å². The maximum Gasteiger partial charge on any atom is 0.341 e. The SMILES string of the molecule is COC(=O)c1c(NC(=O)c2ccco2)sc2c1CC[NH+](C(C)C)C2. The Kier molecular flexibility index (Phi) is 4.73. The highest BCUT2D eigenvalue weighted by molar-refractivity contribution is 7.17. The van der Waals surface area contributed by atoms with Gasteiger partial charge < -0.3 is 19.4 Å². The number of carbonyl (C=O) groups excluding carboxylic acids is 2. The van der Waals surface area contributed by atoms with Gasteiger partial charge in [-0.1, -0.05) is 0 Å². The number of amides is 1. The van der Waals surface area contributed by atoms with Crippen LogP contribution in [-0.2, 0) is 17.7 Å². The second kappa shape index (κ2) is 6.78. The molecule has 2 aromatic rings. The number of methoxy groups -OCH3 is 1. The van der Waals surface area contributed by atoms with Crippen molar-refractivity contribution in [2.45, 2.75) is 32.9 Å². The number of carbonyl (C=O) groups is 2. The predicted molar refractivity (Wildman–Crippen MR) is 90.7 cm³/mol. The summed E-state index contributed by atoms with van der Waals surface area (Å²) >= 11 is 1.46. The van der Waals surface area contributed by atoms with Crippen LogP contribution in [-0.4, -0.2) is 31.6 Å². The summed E-state index contributed by atoms with van der Waals surface area (Å²) < 4.78 is 10.1. The summed E-state index contributed by atoms with van der Waals surface area (Å²) in [7, 11) is 1.36. The van der Waals surface area contributed by atoms with Gasteiger partial charge in [0, 0.05) is 6.42 Å². The number of thiophene rings is 1. The molecule has 1 aliphatic heterocycles. The first-order chi connectivity index (χ1) is 11.5. The first-order valence-corrected chi connectivity index (χ1v) is 8.75. The molecule has 128 valence electrons. The molecule has 0 saturated heterocycles. The van der Waals surface area contributed by atoms with Crippen LogP contribution in [0.4, 0.5) is 5.00 Å². The molecule has 1 unspecified atom stereocenters. The lowest BCUT2D eigenvalue weighted by Gasteiger charge is -2.27. The third-order valence-corrected chi connectivity index (χ3v) is 5.50. The monoisotopic (exact) mass is 349 g/mol. The first-order valence-electron chi connectivity index (χ1n) is 7.93. The maximum atomic E-state index is 12.3. The quantitative estimate of drug-likeness (QED) is 0.825. The molecule has 0 spiro atoms. The summed E-state index contributed by atoms with van der Waals surface area (Å²) in [5.74, 6) is -0.557. The largest absolute Gasteiger partial charge is 0.465 e. The van der Waals surface area contributed by atoms with Crippen LogP contribution in [0.15, 0.2) is 22.8 Å². The zero-order chi connectivity index (χ0) is 17.3. The van der Waals surface area contributed by atoms with Crippen molar-refractivity contribution in [3.8, 4) is 0 Å². The molecular formula is C17H21N2O4S+. The standard InChI is InChI=1S/C17H20N2O4S/c1-10(2)19-7-6-11-13(9-19)24-16(14(11)17(21)22-3)18-15(20)12-5-4-8-23-12/h4-5,8,10H,6-7,9H2,1-3H3,(H,18,20)/p+1. The second-order valence-corrected chi connectivity index (χ2v) is 7.23. The molecular weight excluding hydrogens is 328 g/mol. The minimum atomic E-state index is -0.407. The smallest absolute Gasteiger partial charge is 0.341 e. The Labute approximate surface area is 144 Å². The van der Waals surface area contributed by atoms with E-state index in [1.165, 1.54) is 29.6 Å². The molecule has 0 aromatic carbocycles. The Balaban J connectivity index is 1.94. The van der Waals surface area contributed by atoms with E-state index in [1.54, 1.807) is 12.1 Å². The highest BCUT2D eigenvalue weighted by Gasteiger charge is 2.32. The number of hydrogen-bond donors (Lipinski definition) is 2. The molecule has 2 N–H and O–H groups in total. The van der Waals surface area contributed by atoms with Crippen molar-refractivity contribution >= 4 is 28.2 Å². The molecule has 24 heavy (non-hydrogen) atoms. The number of fused-ring (bicyclic) bond motifs is 1. The lowest BCUT2D eigenvalue weighted by molar-refractivity contribution is -0.936. The summed E-state index contributed by atoms with van der Waals surface area (Å²) in [4.78, 5) is 27.1. The fraction of sp³-hybridized carbons (Fsp3) is 0.412. The number of quaternary nitrogens is 1. The van der Waals surface area contributed by atoms with E-state index in [4.69, 9.17) is 9.15 Å². The molecule has 0 radical (unpaired) electrons. The third kappa shape index (κ3) is 3.09. The molecule has 1 aliphatic rings. The topological polar surface area (TPSA) is 73.0 Å². The van der Waals surface area contributed by atoms with Crippen molar-refractivity contribution in [1.29, 1.82) is 0 Å². The van der Waals surface area contributed by atoms with Crippen molar-refractivity contribution in [3.63, 3.8) is 0 Å². The van der Waals surface area contributed by atoms with Crippen LogP contribution in [0.1, 0.15) is 45.2 Å². The van der Waals surface area contributed by atoms with Gasteiger partial charge in [0.05, 0.1) is 36.4 Å². The van der Waals surface area contributed by atoms with E-state index in [0.717, 1.165) is 30.0 Å². The van der Waals surface area contributed by atoms with Gasteiger partial charge in [0.1, 0.15) is 11.5 Å². The zero-order valence-corrected chi connectivity index (χ0v) is 14.8. The lowest BCUT2D eigenvalue weighted by atomic mass is 10.0. The normalized spacial score (nSPS) is 16.8. The van der Waals surface area contributed by atoms with E-state index >= 15 is 0 Å². The average Bonchev–Trinajstić information content (AvgIpc) is 3.20. The van der Waals surface area contributed by atoms with Gasteiger partial charge >= 0.3 is 5.97 Å². The van der Waals surface area contributed by atoms with Gasteiger partial charge in [0.15, 0.2) is 5.76 Å². The highest BCUT2D eigenvalue weighted by Crippen LogP contribution is 2.35. The summed E-state index contributed by atoms with van der Waals surface area (Å²) in [6, 6.07) is 3.76. The Hall–Kier alpha value is -2.12. The molecule has 0 fully saturated rings. The summed E-state index contributed by atoms with van der Waals surface area (Å²) in [6.07, 6.45) is 2.25. The van der Waals surface area contributed by atoms with E-state index in [-0.39, 0.29) is 11.7 Å². The maximum absolute atomic E-state index is 12.3. The Morgan fingerprint density at radius 3 is 2.83 bits per heavy atom. The number of hydrogen-bond acceptors (Lipinski definition) is 5.